The van der Waals surface area contributed by atoms with E-state index in [1.165, 1.54) is 11.1 Å². The third-order valence-electron chi connectivity index (χ3n) is 2.97. The van der Waals surface area contributed by atoms with Crippen molar-refractivity contribution < 1.29 is 4.74 Å². The van der Waals surface area contributed by atoms with Crippen molar-refractivity contribution in [2.45, 2.75) is 19.9 Å². The highest BCUT2D eigenvalue weighted by Gasteiger charge is 2.19. The lowest BCUT2D eigenvalue weighted by atomic mass is 9.93. The number of hydrogen-bond donors (Lipinski definition) is 2. The van der Waals surface area contributed by atoms with Gasteiger partial charge < -0.3 is 15.8 Å². The lowest BCUT2D eigenvalue weighted by Gasteiger charge is -2.25. The molecule has 0 radical (unpaired) electrons. The van der Waals surface area contributed by atoms with Gasteiger partial charge in [-0.2, -0.15) is 0 Å². The minimum absolute atomic E-state index is 0.236. The second-order valence-electron chi connectivity index (χ2n) is 4.22. The van der Waals surface area contributed by atoms with E-state index in [1.54, 1.807) is 7.11 Å². The fraction of sp³-hybridized carbons (Fsp3) is 0.538. The maximum Gasteiger partial charge on any atom is 0.123 e. The number of methoxy groups -OCH3 is 1. The van der Waals surface area contributed by atoms with Crippen LogP contribution in [0.1, 0.15) is 24.1 Å². The summed E-state index contributed by atoms with van der Waals surface area (Å²) < 4.78 is 5.40. The number of rotatable bonds is 5. The van der Waals surface area contributed by atoms with Crippen molar-refractivity contribution in [3.8, 4) is 5.75 Å². The molecular weight excluding hydrogens is 200 g/mol. The predicted molar refractivity (Wildman–Crippen MR) is 67.8 cm³/mol. The number of nitrogens with one attached hydrogen (secondary N) is 1. The molecule has 1 rings (SSSR count). The van der Waals surface area contributed by atoms with Gasteiger partial charge in [-0.15, -0.1) is 0 Å². The summed E-state index contributed by atoms with van der Waals surface area (Å²) in [5, 5.41) is 3.31. The SMILES string of the molecule is CNC(c1cc(C)ccc1OC)C(C)CN. The van der Waals surface area contributed by atoms with Gasteiger partial charge in [0.05, 0.1) is 7.11 Å². The molecule has 90 valence electrons. The van der Waals surface area contributed by atoms with Gasteiger partial charge in [-0.1, -0.05) is 24.6 Å². The predicted octanol–water partition coefficient (Wildman–Crippen LogP) is 1.86. The highest BCUT2D eigenvalue weighted by molar-refractivity contribution is 5.39. The molecule has 3 nitrogen and oxygen atoms in total. The molecule has 3 N–H and O–H groups in total. The molecule has 0 amide bonds. The Kier molecular flexibility index (Phi) is 4.77. The van der Waals surface area contributed by atoms with E-state index in [2.05, 4.69) is 31.3 Å². The first-order chi connectivity index (χ1) is 7.63. The quantitative estimate of drug-likeness (QED) is 0.799. The van der Waals surface area contributed by atoms with Gasteiger partial charge >= 0.3 is 0 Å². The molecule has 0 aromatic heterocycles. The van der Waals surface area contributed by atoms with Crippen molar-refractivity contribution in [1.82, 2.24) is 5.32 Å². The van der Waals surface area contributed by atoms with Crippen LogP contribution in [0.5, 0.6) is 5.75 Å². The molecule has 3 heteroatoms. The van der Waals surface area contributed by atoms with Crippen molar-refractivity contribution in [3.63, 3.8) is 0 Å². The first-order valence-electron chi connectivity index (χ1n) is 5.65. The topological polar surface area (TPSA) is 47.3 Å². The molecule has 0 saturated heterocycles. The van der Waals surface area contributed by atoms with Gasteiger partial charge in [-0.3, -0.25) is 0 Å². The summed E-state index contributed by atoms with van der Waals surface area (Å²) in [6.45, 7) is 4.88. The van der Waals surface area contributed by atoms with Gasteiger partial charge in [0.15, 0.2) is 0 Å². The minimum atomic E-state index is 0.236. The summed E-state index contributed by atoms with van der Waals surface area (Å²) in [6.07, 6.45) is 0. The molecule has 0 fully saturated rings. The lowest BCUT2D eigenvalue weighted by molar-refractivity contribution is 0.373. The number of ether oxygens (including phenoxy) is 1. The van der Waals surface area contributed by atoms with Gasteiger partial charge in [0.2, 0.25) is 0 Å². The fourth-order valence-corrected chi connectivity index (χ4v) is 1.98. The Bertz CT molecular complexity index is 339. The molecule has 0 spiro atoms. The number of nitrogens with two attached hydrogens (primary N) is 1. The zero-order valence-electron chi connectivity index (χ0n) is 10.6. The second-order valence-corrected chi connectivity index (χ2v) is 4.22. The molecule has 2 unspecified atom stereocenters. The third kappa shape index (κ3) is 2.74. The van der Waals surface area contributed by atoms with Crippen LogP contribution in [0.3, 0.4) is 0 Å². The van der Waals surface area contributed by atoms with Crippen LogP contribution < -0.4 is 15.8 Å². The molecule has 0 bridgehead atoms. The number of hydrogen-bond acceptors (Lipinski definition) is 3. The second kappa shape index (κ2) is 5.87. The van der Waals surface area contributed by atoms with Crippen LogP contribution in [0.2, 0.25) is 0 Å². The molecule has 2 atom stereocenters. The van der Waals surface area contributed by atoms with Gasteiger partial charge in [-0.25, -0.2) is 0 Å². The van der Waals surface area contributed by atoms with E-state index in [0.29, 0.717) is 12.5 Å². The van der Waals surface area contributed by atoms with E-state index in [9.17, 15) is 0 Å². The lowest BCUT2D eigenvalue weighted by Crippen LogP contribution is -2.29. The summed E-state index contributed by atoms with van der Waals surface area (Å²) >= 11 is 0. The van der Waals surface area contributed by atoms with Gasteiger partial charge in [0, 0.05) is 11.6 Å². The molecule has 0 heterocycles. The summed E-state index contributed by atoms with van der Waals surface area (Å²) in [7, 11) is 3.66. The Morgan fingerprint density at radius 2 is 2.12 bits per heavy atom. The summed E-state index contributed by atoms with van der Waals surface area (Å²) in [4.78, 5) is 0. The Hall–Kier alpha value is -1.06. The average Bonchev–Trinajstić information content (AvgIpc) is 2.30. The summed E-state index contributed by atoms with van der Waals surface area (Å²) in [6, 6.07) is 6.46. The van der Waals surface area contributed by atoms with Crippen molar-refractivity contribution in [2.24, 2.45) is 11.7 Å². The molecule has 16 heavy (non-hydrogen) atoms. The van der Waals surface area contributed by atoms with Crippen LogP contribution in [0.15, 0.2) is 18.2 Å². The van der Waals surface area contributed by atoms with Crippen molar-refractivity contribution >= 4 is 0 Å². The van der Waals surface area contributed by atoms with Crippen LogP contribution in [-0.4, -0.2) is 20.7 Å². The monoisotopic (exact) mass is 222 g/mol. The fourth-order valence-electron chi connectivity index (χ4n) is 1.98. The molecule has 0 aliphatic carbocycles. The smallest absolute Gasteiger partial charge is 0.123 e. The number of aryl methyl sites for hydroxylation is 1. The number of benzene rings is 1. The van der Waals surface area contributed by atoms with Crippen LogP contribution in [0.25, 0.3) is 0 Å². The highest BCUT2D eigenvalue weighted by Crippen LogP contribution is 2.30. The van der Waals surface area contributed by atoms with Gasteiger partial charge in [0.1, 0.15) is 5.75 Å². The van der Waals surface area contributed by atoms with Crippen molar-refractivity contribution in [1.29, 1.82) is 0 Å². The minimum Gasteiger partial charge on any atom is -0.496 e. The maximum atomic E-state index is 5.73. The maximum absolute atomic E-state index is 5.73. The van der Waals surface area contributed by atoms with E-state index in [0.717, 1.165) is 5.75 Å². The van der Waals surface area contributed by atoms with E-state index in [4.69, 9.17) is 10.5 Å². The third-order valence-corrected chi connectivity index (χ3v) is 2.97. The zero-order chi connectivity index (χ0) is 12.1. The van der Waals surface area contributed by atoms with Crippen LogP contribution in [0, 0.1) is 12.8 Å². The van der Waals surface area contributed by atoms with Gasteiger partial charge in [0.25, 0.3) is 0 Å². The first kappa shape index (κ1) is 13.0. The first-order valence-corrected chi connectivity index (χ1v) is 5.65. The van der Waals surface area contributed by atoms with E-state index >= 15 is 0 Å². The molecule has 1 aromatic rings. The molecule has 0 aliphatic heterocycles. The summed E-state index contributed by atoms with van der Waals surface area (Å²) in [5.41, 5.74) is 8.15. The standard InChI is InChI=1S/C13H22N2O/c1-9-5-6-12(16-4)11(7-9)13(15-3)10(2)8-14/h5-7,10,13,15H,8,14H2,1-4H3. The normalized spacial score (nSPS) is 14.6. The van der Waals surface area contributed by atoms with Crippen molar-refractivity contribution in [3.05, 3.63) is 29.3 Å². The van der Waals surface area contributed by atoms with Crippen LogP contribution in [0.4, 0.5) is 0 Å². The Morgan fingerprint density at radius 3 is 2.62 bits per heavy atom. The Morgan fingerprint density at radius 1 is 1.44 bits per heavy atom. The molecule has 0 saturated carbocycles. The zero-order valence-corrected chi connectivity index (χ0v) is 10.6. The largest absolute Gasteiger partial charge is 0.496 e. The molecular formula is C13H22N2O. The Balaban J connectivity index is 3.11. The van der Waals surface area contributed by atoms with Gasteiger partial charge in [-0.05, 0) is 32.5 Å². The molecule has 1 aromatic carbocycles. The van der Waals surface area contributed by atoms with Crippen LogP contribution >= 0.6 is 0 Å². The average molecular weight is 222 g/mol. The van der Waals surface area contributed by atoms with E-state index < -0.39 is 0 Å². The Labute approximate surface area is 98.0 Å². The van der Waals surface area contributed by atoms with E-state index in [1.807, 2.05) is 13.1 Å². The van der Waals surface area contributed by atoms with E-state index in [-0.39, 0.29) is 6.04 Å². The molecule has 0 aliphatic rings. The highest BCUT2D eigenvalue weighted by atomic mass is 16.5. The van der Waals surface area contributed by atoms with Crippen molar-refractivity contribution in [2.75, 3.05) is 20.7 Å². The summed E-state index contributed by atoms with van der Waals surface area (Å²) in [5.74, 6) is 1.30. The van der Waals surface area contributed by atoms with Crippen LogP contribution in [-0.2, 0) is 0 Å².